The zero-order valence-electron chi connectivity index (χ0n) is 16.2. The van der Waals surface area contributed by atoms with Gasteiger partial charge in [-0.3, -0.25) is 0 Å². The number of alkyl carbamates (subject to hydrolysis) is 1. The first kappa shape index (κ1) is 19.4. The van der Waals surface area contributed by atoms with E-state index in [0.29, 0.717) is 19.6 Å². The Bertz CT molecular complexity index is 737. The molecule has 0 aliphatic heterocycles. The Hall–Kier alpha value is -2.33. The third-order valence-electron chi connectivity index (χ3n) is 6.09. The van der Waals surface area contributed by atoms with Gasteiger partial charge in [0.15, 0.2) is 0 Å². The summed E-state index contributed by atoms with van der Waals surface area (Å²) in [5.41, 5.74) is 4.80. The van der Waals surface area contributed by atoms with Crippen LogP contribution >= 0.6 is 0 Å². The first-order chi connectivity index (χ1) is 13.1. The molecule has 2 N–H and O–H groups in total. The van der Waals surface area contributed by atoms with Crippen LogP contribution in [0.1, 0.15) is 50.2 Å². The van der Waals surface area contributed by atoms with E-state index < -0.39 is 0 Å². The molecule has 0 unspecified atom stereocenters. The van der Waals surface area contributed by atoms with Crippen LogP contribution in [0.3, 0.4) is 0 Å². The van der Waals surface area contributed by atoms with Crippen LogP contribution in [0.25, 0.3) is 11.1 Å². The third kappa shape index (κ3) is 4.01. The summed E-state index contributed by atoms with van der Waals surface area (Å²) in [6.45, 7) is 5.17. The van der Waals surface area contributed by atoms with Crippen molar-refractivity contribution in [1.82, 2.24) is 5.32 Å². The Labute approximate surface area is 161 Å². The van der Waals surface area contributed by atoms with Crippen molar-refractivity contribution < 1.29 is 14.6 Å². The normalized spacial score (nSPS) is 13.1. The minimum Gasteiger partial charge on any atom is -0.449 e. The molecule has 2 aromatic carbocycles. The maximum Gasteiger partial charge on any atom is 0.407 e. The highest BCUT2D eigenvalue weighted by molar-refractivity contribution is 5.79. The molecule has 0 bridgehead atoms. The van der Waals surface area contributed by atoms with E-state index in [1.54, 1.807) is 0 Å². The van der Waals surface area contributed by atoms with E-state index in [4.69, 9.17) is 4.74 Å². The second kappa shape index (κ2) is 8.57. The third-order valence-corrected chi connectivity index (χ3v) is 6.09. The van der Waals surface area contributed by atoms with Gasteiger partial charge in [0, 0.05) is 19.1 Å². The van der Waals surface area contributed by atoms with Crippen LogP contribution < -0.4 is 5.32 Å². The molecule has 0 saturated carbocycles. The van der Waals surface area contributed by atoms with Gasteiger partial charge >= 0.3 is 6.09 Å². The van der Waals surface area contributed by atoms with Crippen LogP contribution in [0.2, 0.25) is 0 Å². The largest absolute Gasteiger partial charge is 0.449 e. The minimum atomic E-state index is -0.388. The van der Waals surface area contributed by atoms with Crippen molar-refractivity contribution in [1.29, 1.82) is 0 Å². The maximum absolute atomic E-state index is 12.3. The Morgan fingerprint density at radius 3 is 2.11 bits per heavy atom. The number of carbonyl (C=O) groups is 1. The fourth-order valence-electron chi connectivity index (χ4n) is 4.09. The van der Waals surface area contributed by atoms with Gasteiger partial charge in [0.1, 0.15) is 6.61 Å². The average Bonchev–Trinajstić information content (AvgIpc) is 3.03. The molecule has 4 nitrogen and oxygen atoms in total. The molecule has 0 aromatic heterocycles. The summed E-state index contributed by atoms with van der Waals surface area (Å²) in [5.74, 6) is 0.0719. The lowest BCUT2D eigenvalue weighted by molar-refractivity contribution is 0.125. The SMILES string of the molecule is CCC(CC)(CCO)CNC(=O)OCC1c2ccccc2-c2ccccc21. The summed E-state index contributed by atoms with van der Waals surface area (Å²) in [6, 6.07) is 16.6. The molecule has 4 heteroatoms. The molecule has 3 rings (SSSR count). The maximum atomic E-state index is 12.3. The number of benzene rings is 2. The molecule has 1 aliphatic carbocycles. The van der Waals surface area contributed by atoms with Gasteiger partial charge in [0.2, 0.25) is 0 Å². The Morgan fingerprint density at radius 1 is 1.04 bits per heavy atom. The summed E-state index contributed by atoms with van der Waals surface area (Å²) >= 11 is 0. The van der Waals surface area contributed by atoms with Crippen LogP contribution in [-0.2, 0) is 4.74 Å². The quantitative estimate of drug-likeness (QED) is 0.710. The first-order valence-corrected chi connectivity index (χ1v) is 9.84. The second-order valence-corrected chi connectivity index (χ2v) is 7.36. The van der Waals surface area contributed by atoms with Crippen molar-refractivity contribution in [3.63, 3.8) is 0 Å². The van der Waals surface area contributed by atoms with E-state index in [0.717, 1.165) is 12.8 Å². The van der Waals surface area contributed by atoms with Crippen molar-refractivity contribution in [3.8, 4) is 11.1 Å². The lowest BCUT2D eigenvalue weighted by Crippen LogP contribution is -2.38. The van der Waals surface area contributed by atoms with Gasteiger partial charge in [0.25, 0.3) is 0 Å². The summed E-state index contributed by atoms with van der Waals surface area (Å²) in [6.07, 6.45) is 2.12. The zero-order chi connectivity index (χ0) is 19.3. The number of hydrogen-bond acceptors (Lipinski definition) is 3. The zero-order valence-corrected chi connectivity index (χ0v) is 16.2. The number of carbonyl (C=O) groups excluding carboxylic acids is 1. The smallest absolute Gasteiger partial charge is 0.407 e. The van der Waals surface area contributed by atoms with E-state index in [1.807, 2.05) is 24.3 Å². The number of amides is 1. The van der Waals surface area contributed by atoms with Crippen molar-refractivity contribution in [2.45, 2.75) is 39.0 Å². The van der Waals surface area contributed by atoms with E-state index in [-0.39, 0.29) is 24.0 Å². The number of ether oxygens (including phenoxy) is 1. The fourth-order valence-corrected chi connectivity index (χ4v) is 4.09. The van der Waals surface area contributed by atoms with Crippen LogP contribution in [0, 0.1) is 5.41 Å². The molecule has 1 amide bonds. The molecule has 0 spiro atoms. The van der Waals surface area contributed by atoms with Gasteiger partial charge in [-0.1, -0.05) is 62.4 Å². The summed E-state index contributed by atoms with van der Waals surface area (Å²) in [5, 5.41) is 12.2. The van der Waals surface area contributed by atoms with Crippen molar-refractivity contribution in [3.05, 3.63) is 59.7 Å². The van der Waals surface area contributed by atoms with E-state index in [1.165, 1.54) is 22.3 Å². The van der Waals surface area contributed by atoms with Crippen LogP contribution in [0.5, 0.6) is 0 Å². The molecule has 144 valence electrons. The molecule has 27 heavy (non-hydrogen) atoms. The highest BCUT2D eigenvalue weighted by Gasteiger charge is 2.30. The molecule has 1 aliphatic rings. The predicted molar refractivity (Wildman–Crippen MR) is 108 cm³/mol. The second-order valence-electron chi connectivity index (χ2n) is 7.36. The molecular weight excluding hydrogens is 338 g/mol. The van der Waals surface area contributed by atoms with Crippen LogP contribution in [0.4, 0.5) is 4.79 Å². The Balaban J connectivity index is 1.64. The van der Waals surface area contributed by atoms with Gasteiger partial charge in [0.05, 0.1) is 0 Å². The van der Waals surface area contributed by atoms with Crippen LogP contribution in [-0.4, -0.2) is 31.0 Å². The molecule has 0 saturated heterocycles. The fraction of sp³-hybridized carbons (Fsp3) is 0.435. The average molecular weight is 367 g/mol. The lowest BCUT2D eigenvalue weighted by Gasteiger charge is -2.31. The van der Waals surface area contributed by atoms with Crippen molar-refractivity contribution in [2.75, 3.05) is 19.8 Å². The van der Waals surface area contributed by atoms with Gasteiger partial charge in [-0.15, -0.1) is 0 Å². The van der Waals surface area contributed by atoms with Gasteiger partial charge < -0.3 is 15.2 Å². The molecular formula is C23H29NO3. The standard InChI is InChI=1S/C23H29NO3/c1-3-23(4-2,13-14-25)16-24-22(26)27-15-21-19-11-7-5-9-17(19)18-10-6-8-12-20(18)21/h5-12,21,25H,3-4,13-16H2,1-2H3,(H,24,26). The van der Waals surface area contributed by atoms with E-state index in [2.05, 4.69) is 43.4 Å². The molecule has 2 aromatic rings. The summed E-state index contributed by atoms with van der Waals surface area (Å²) < 4.78 is 5.59. The summed E-state index contributed by atoms with van der Waals surface area (Å²) in [4.78, 5) is 12.3. The summed E-state index contributed by atoms with van der Waals surface area (Å²) in [7, 11) is 0. The van der Waals surface area contributed by atoms with E-state index >= 15 is 0 Å². The Kier molecular flexibility index (Phi) is 6.17. The highest BCUT2D eigenvalue weighted by Crippen LogP contribution is 2.44. The molecule has 0 heterocycles. The number of aliphatic hydroxyl groups excluding tert-OH is 1. The number of nitrogens with one attached hydrogen (secondary N) is 1. The molecule has 0 atom stereocenters. The van der Waals surface area contributed by atoms with Crippen molar-refractivity contribution >= 4 is 6.09 Å². The number of rotatable bonds is 8. The van der Waals surface area contributed by atoms with Gasteiger partial charge in [-0.05, 0) is 46.9 Å². The van der Waals surface area contributed by atoms with Crippen LogP contribution in [0.15, 0.2) is 48.5 Å². The number of fused-ring (bicyclic) bond motifs is 3. The molecule has 0 radical (unpaired) electrons. The Morgan fingerprint density at radius 2 is 1.59 bits per heavy atom. The molecule has 0 fully saturated rings. The van der Waals surface area contributed by atoms with Gasteiger partial charge in [-0.2, -0.15) is 0 Å². The predicted octanol–water partition coefficient (Wildman–Crippen LogP) is 4.71. The van der Waals surface area contributed by atoms with Crippen molar-refractivity contribution in [2.24, 2.45) is 5.41 Å². The first-order valence-electron chi connectivity index (χ1n) is 9.84. The number of hydrogen-bond donors (Lipinski definition) is 2. The minimum absolute atomic E-state index is 0.0691. The van der Waals surface area contributed by atoms with E-state index in [9.17, 15) is 9.90 Å². The monoisotopic (exact) mass is 367 g/mol. The lowest BCUT2D eigenvalue weighted by atomic mass is 9.79. The highest BCUT2D eigenvalue weighted by atomic mass is 16.5. The van der Waals surface area contributed by atoms with Gasteiger partial charge in [-0.25, -0.2) is 4.79 Å². The topological polar surface area (TPSA) is 58.6 Å². The number of aliphatic hydroxyl groups is 1.